The number of benzene rings is 1. The Hall–Kier alpha value is -2.57. The molecule has 0 saturated carbocycles. The van der Waals surface area contributed by atoms with Crippen molar-refractivity contribution in [3.63, 3.8) is 0 Å². The van der Waals surface area contributed by atoms with E-state index in [1.807, 2.05) is 25.1 Å². The van der Waals surface area contributed by atoms with E-state index in [4.69, 9.17) is 9.47 Å². The van der Waals surface area contributed by atoms with Crippen LogP contribution in [-0.4, -0.2) is 33.5 Å². The summed E-state index contributed by atoms with van der Waals surface area (Å²) in [6.07, 6.45) is 2.91. The normalized spacial score (nSPS) is 18.3. The number of aromatic nitrogens is 3. The predicted molar refractivity (Wildman–Crippen MR) is 85.9 cm³/mol. The molecular formula is C17H20N4O3. The summed E-state index contributed by atoms with van der Waals surface area (Å²) in [6, 6.07) is 5.97. The van der Waals surface area contributed by atoms with E-state index in [1.165, 1.54) is 0 Å². The standard InChI is InChI=1S/C17H20N4O3/c1-11-19-20-16-6-4-13(9-21(11)16)18-17(22)7-3-12-2-5-14-15(8-12)24-10-23-14/h2,5,8,13H,3-4,6-7,9-10H2,1H3,(H,18,22). The topological polar surface area (TPSA) is 78.3 Å². The number of fused-ring (bicyclic) bond motifs is 2. The number of nitrogens with one attached hydrogen (secondary N) is 1. The molecule has 1 aromatic carbocycles. The number of rotatable bonds is 4. The minimum atomic E-state index is 0.0758. The summed E-state index contributed by atoms with van der Waals surface area (Å²) in [5.74, 6) is 3.52. The quantitative estimate of drug-likeness (QED) is 0.917. The SMILES string of the molecule is Cc1nnc2n1CC(NC(=O)CCc1ccc3c(c1)OCO3)CC2. The van der Waals surface area contributed by atoms with E-state index < -0.39 is 0 Å². The monoisotopic (exact) mass is 328 g/mol. The Bertz CT molecular complexity index is 771. The summed E-state index contributed by atoms with van der Waals surface area (Å²) >= 11 is 0. The molecule has 7 nitrogen and oxygen atoms in total. The molecule has 2 aliphatic rings. The van der Waals surface area contributed by atoms with Crippen LogP contribution in [0.4, 0.5) is 0 Å². The molecule has 1 amide bonds. The average molecular weight is 328 g/mol. The molecule has 1 N–H and O–H groups in total. The molecule has 24 heavy (non-hydrogen) atoms. The van der Waals surface area contributed by atoms with Crippen LogP contribution >= 0.6 is 0 Å². The molecule has 3 heterocycles. The molecule has 2 aromatic rings. The average Bonchev–Trinajstić information content (AvgIpc) is 3.19. The molecule has 0 radical (unpaired) electrons. The lowest BCUT2D eigenvalue weighted by atomic mass is 10.1. The molecule has 4 rings (SSSR count). The summed E-state index contributed by atoms with van der Waals surface area (Å²) in [5.41, 5.74) is 1.08. The third kappa shape index (κ3) is 2.93. The van der Waals surface area contributed by atoms with Gasteiger partial charge >= 0.3 is 0 Å². The minimum Gasteiger partial charge on any atom is -0.454 e. The van der Waals surface area contributed by atoms with Gasteiger partial charge in [-0.1, -0.05) is 6.07 Å². The first kappa shape index (κ1) is 15.0. The Morgan fingerprint density at radius 3 is 3.12 bits per heavy atom. The molecule has 1 unspecified atom stereocenters. The maximum absolute atomic E-state index is 12.2. The molecule has 0 saturated heterocycles. The zero-order valence-corrected chi connectivity index (χ0v) is 13.6. The van der Waals surface area contributed by atoms with E-state index in [2.05, 4.69) is 20.1 Å². The van der Waals surface area contributed by atoms with Gasteiger partial charge in [0.05, 0.1) is 0 Å². The van der Waals surface area contributed by atoms with Gasteiger partial charge < -0.3 is 19.4 Å². The number of amides is 1. The fourth-order valence-electron chi connectivity index (χ4n) is 3.23. The van der Waals surface area contributed by atoms with E-state index in [1.54, 1.807) is 0 Å². The number of carbonyl (C=O) groups is 1. The first-order valence-electron chi connectivity index (χ1n) is 8.25. The van der Waals surface area contributed by atoms with Gasteiger partial charge in [0, 0.05) is 25.4 Å². The van der Waals surface area contributed by atoms with Crippen molar-refractivity contribution in [2.75, 3.05) is 6.79 Å². The highest BCUT2D eigenvalue weighted by molar-refractivity contribution is 5.76. The zero-order valence-electron chi connectivity index (χ0n) is 13.6. The number of aryl methyl sites for hydroxylation is 3. The lowest BCUT2D eigenvalue weighted by Gasteiger charge is -2.24. The van der Waals surface area contributed by atoms with E-state index in [0.29, 0.717) is 12.8 Å². The Kier molecular flexibility index (Phi) is 3.84. The van der Waals surface area contributed by atoms with E-state index in [9.17, 15) is 4.79 Å². The van der Waals surface area contributed by atoms with Gasteiger partial charge in [-0.3, -0.25) is 4.79 Å². The fraction of sp³-hybridized carbons (Fsp3) is 0.471. The van der Waals surface area contributed by atoms with Gasteiger partial charge in [-0.15, -0.1) is 10.2 Å². The second kappa shape index (κ2) is 6.14. The van der Waals surface area contributed by atoms with Crippen molar-refractivity contribution < 1.29 is 14.3 Å². The van der Waals surface area contributed by atoms with E-state index in [0.717, 1.165) is 48.1 Å². The minimum absolute atomic E-state index is 0.0758. The van der Waals surface area contributed by atoms with Crippen molar-refractivity contribution in [2.45, 2.75) is 45.2 Å². The van der Waals surface area contributed by atoms with Gasteiger partial charge in [-0.25, -0.2) is 0 Å². The van der Waals surface area contributed by atoms with Crippen LogP contribution in [0.25, 0.3) is 0 Å². The molecule has 1 atom stereocenters. The van der Waals surface area contributed by atoms with Gasteiger partial charge in [-0.05, 0) is 37.5 Å². The van der Waals surface area contributed by atoms with Gasteiger partial charge in [0.25, 0.3) is 0 Å². The lowest BCUT2D eigenvalue weighted by molar-refractivity contribution is -0.122. The molecule has 1 aromatic heterocycles. The summed E-state index contributed by atoms with van der Waals surface area (Å²) in [7, 11) is 0. The summed E-state index contributed by atoms with van der Waals surface area (Å²) in [6.45, 7) is 2.97. The number of hydrogen-bond acceptors (Lipinski definition) is 5. The predicted octanol–water partition coefficient (Wildman–Crippen LogP) is 1.38. The fourth-order valence-corrected chi connectivity index (χ4v) is 3.23. The number of carbonyl (C=O) groups excluding carboxylic acids is 1. The van der Waals surface area contributed by atoms with Crippen LogP contribution in [0.2, 0.25) is 0 Å². The van der Waals surface area contributed by atoms with Crippen molar-refractivity contribution in [3.05, 3.63) is 35.4 Å². The van der Waals surface area contributed by atoms with Crippen LogP contribution < -0.4 is 14.8 Å². The highest BCUT2D eigenvalue weighted by atomic mass is 16.7. The summed E-state index contributed by atoms with van der Waals surface area (Å²) < 4.78 is 12.8. The number of ether oxygens (including phenoxy) is 2. The lowest BCUT2D eigenvalue weighted by Crippen LogP contribution is -2.41. The molecule has 126 valence electrons. The first-order valence-corrected chi connectivity index (χ1v) is 8.25. The Morgan fingerprint density at radius 1 is 1.33 bits per heavy atom. The second-order valence-corrected chi connectivity index (χ2v) is 6.26. The van der Waals surface area contributed by atoms with Crippen LogP contribution in [0.15, 0.2) is 18.2 Å². The maximum atomic E-state index is 12.2. The van der Waals surface area contributed by atoms with Crippen LogP contribution in [0.5, 0.6) is 11.5 Å². The number of hydrogen-bond donors (Lipinski definition) is 1. The maximum Gasteiger partial charge on any atom is 0.231 e. The van der Waals surface area contributed by atoms with Crippen LogP contribution in [0.3, 0.4) is 0 Å². The Balaban J connectivity index is 1.30. The van der Waals surface area contributed by atoms with Gasteiger partial charge in [0.2, 0.25) is 12.7 Å². The van der Waals surface area contributed by atoms with Crippen molar-refractivity contribution >= 4 is 5.91 Å². The van der Waals surface area contributed by atoms with Crippen LogP contribution in [0, 0.1) is 6.92 Å². The van der Waals surface area contributed by atoms with E-state index in [-0.39, 0.29) is 18.7 Å². The highest BCUT2D eigenvalue weighted by Crippen LogP contribution is 2.32. The molecule has 2 aliphatic heterocycles. The van der Waals surface area contributed by atoms with Crippen molar-refractivity contribution in [1.82, 2.24) is 20.1 Å². The number of nitrogens with zero attached hydrogens (tertiary/aromatic N) is 3. The second-order valence-electron chi connectivity index (χ2n) is 6.26. The molecule has 7 heteroatoms. The van der Waals surface area contributed by atoms with Gasteiger partial charge in [0.15, 0.2) is 11.5 Å². The molecule has 0 bridgehead atoms. The van der Waals surface area contributed by atoms with Crippen LogP contribution in [0.1, 0.15) is 30.1 Å². The van der Waals surface area contributed by atoms with E-state index >= 15 is 0 Å². The summed E-state index contributed by atoms with van der Waals surface area (Å²) in [5, 5.41) is 11.4. The largest absolute Gasteiger partial charge is 0.454 e. The molecular weight excluding hydrogens is 308 g/mol. The Labute approximate surface area is 140 Å². The third-order valence-corrected chi connectivity index (χ3v) is 4.57. The van der Waals surface area contributed by atoms with Gasteiger partial charge in [0.1, 0.15) is 11.6 Å². The third-order valence-electron chi connectivity index (χ3n) is 4.57. The van der Waals surface area contributed by atoms with Gasteiger partial charge in [-0.2, -0.15) is 0 Å². The smallest absolute Gasteiger partial charge is 0.231 e. The highest BCUT2D eigenvalue weighted by Gasteiger charge is 2.22. The summed E-state index contributed by atoms with van der Waals surface area (Å²) in [4.78, 5) is 12.2. The van der Waals surface area contributed by atoms with Crippen molar-refractivity contribution in [1.29, 1.82) is 0 Å². The van der Waals surface area contributed by atoms with Crippen molar-refractivity contribution in [3.8, 4) is 11.5 Å². The molecule has 0 aliphatic carbocycles. The molecule has 0 fully saturated rings. The molecule has 0 spiro atoms. The Morgan fingerprint density at radius 2 is 2.21 bits per heavy atom. The zero-order chi connectivity index (χ0) is 16.5. The van der Waals surface area contributed by atoms with Crippen molar-refractivity contribution in [2.24, 2.45) is 0 Å². The van der Waals surface area contributed by atoms with Crippen LogP contribution in [-0.2, 0) is 24.2 Å². The first-order chi connectivity index (χ1) is 11.7.